The monoisotopic (exact) mass is 486 g/mol. The molecular weight excluding hydrogens is 456 g/mol. The lowest BCUT2D eigenvalue weighted by Crippen LogP contribution is -2.10. The topological polar surface area (TPSA) is 0 Å². The first-order valence-electron chi connectivity index (χ1n) is 13.2. The van der Waals surface area contributed by atoms with E-state index in [0.29, 0.717) is 0 Å². The zero-order valence-electron chi connectivity index (χ0n) is 22.1. The summed E-state index contributed by atoms with van der Waals surface area (Å²) < 4.78 is 0. The summed E-state index contributed by atoms with van der Waals surface area (Å²) in [7, 11) is 0. The summed E-state index contributed by atoms with van der Waals surface area (Å²) in [5, 5.41) is 4.85. The van der Waals surface area contributed by atoms with E-state index >= 15 is 0 Å². The lowest BCUT2D eigenvalue weighted by molar-refractivity contribution is 0.590. The summed E-state index contributed by atoms with van der Waals surface area (Å²) in [5.74, 6) is 7.02. The van der Waals surface area contributed by atoms with E-state index < -0.39 is 0 Å². The molecule has 38 heavy (non-hydrogen) atoms. The van der Waals surface area contributed by atoms with Crippen molar-refractivity contribution in [2.45, 2.75) is 26.2 Å². The third-order valence-corrected chi connectivity index (χ3v) is 7.29. The van der Waals surface area contributed by atoms with Gasteiger partial charge >= 0.3 is 0 Å². The number of fused-ring (bicyclic) bond motifs is 2. The van der Waals surface area contributed by atoms with Gasteiger partial charge in [0.2, 0.25) is 0 Å². The molecule has 0 saturated carbocycles. The molecule has 6 aromatic carbocycles. The van der Waals surface area contributed by atoms with Crippen LogP contribution in [0.1, 0.15) is 37.5 Å². The van der Waals surface area contributed by atoms with E-state index in [-0.39, 0.29) is 5.41 Å². The van der Waals surface area contributed by atoms with Gasteiger partial charge in [0.1, 0.15) is 0 Å². The van der Waals surface area contributed by atoms with E-state index in [9.17, 15) is 0 Å². The van der Waals surface area contributed by atoms with Gasteiger partial charge < -0.3 is 0 Å². The van der Waals surface area contributed by atoms with Crippen LogP contribution in [0.25, 0.3) is 43.8 Å². The Bertz CT molecular complexity index is 1750. The van der Waals surface area contributed by atoms with E-state index in [1.165, 1.54) is 49.4 Å². The second-order valence-electron chi connectivity index (χ2n) is 10.9. The molecule has 182 valence electrons. The van der Waals surface area contributed by atoms with Crippen molar-refractivity contribution in [1.82, 2.24) is 0 Å². The van der Waals surface area contributed by atoms with Crippen molar-refractivity contribution in [2.75, 3.05) is 0 Å². The summed E-state index contributed by atoms with van der Waals surface area (Å²) in [6, 6.07) is 45.4. The maximum absolute atomic E-state index is 3.56. The Morgan fingerprint density at radius 3 is 1.45 bits per heavy atom. The van der Waals surface area contributed by atoms with Gasteiger partial charge in [0.05, 0.1) is 0 Å². The molecule has 0 nitrogen and oxygen atoms in total. The van der Waals surface area contributed by atoms with Gasteiger partial charge in [-0.25, -0.2) is 0 Å². The van der Waals surface area contributed by atoms with Crippen molar-refractivity contribution < 1.29 is 0 Å². The first kappa shape index (κ1) is 23.8. The van der Waals surface area contributed by atoms with Gasteiger partial charge in [-0.15, -0.1) is 0 Å². The van der Waals surface area contributed by atoms with Gasteiger partial charge in [-0.3, -0.25) is 0 Å². The molecule has 0 fully saturated rings. The van der Waals surface area contributed by atoms with Crippen LogP contribution >= 0.6 is 0 Å². The van der Waals surface area contributed by atoms with Crippen LogP contribution in [0, 0.1) is 11.8 Å². The standard InChI is InChI=1S/C38H30/c1-38(2,3)31-24-22-30(23-25-31)37-35-15-9-7-13-32(35)34(33-14-8-10-16-36(33)37)26-19-27-17-20-29(21-18-27)28-11-5-4-6-12-28/h4-18,20-25H,1-3H3. The summed E-state index contributed by atoms with van der Waals surface area (Å²) in [4.78, 5) is 0. The van der Waals surface area contributed by atoms with Crippen LogP contribution in [-0.2, 0) is 5.41 Å². The Morgan fingerprint density at radius 2 is 0.895 bits per heavy atom. The molecule has 0 amide bonds. The molecule has 0 N–H and O–H groups in total. The third-order valence-electron chi connectivity index (χ3n) is 7.29. The van der Waals surface area contributed by atoms with Gasteiger partial charge in [0, 0.05) is 11.1 Å². The zero-order valence-corrected chi connectivity index (χ0v) is 22.1. The smallest absolute Gasteiger partial charge is 0.0406 e. The first-order chi connectivity index (χ1) is 18.5. The normalized spacial score (nSPS) is 11.3. The molecule has 0 atom stereocenters. The SMILES string of the molecule is CC(C)(C)c1ccc(-c2c3ccccc3c(C#Cc3ccc(-c4ccccc4)cc3)c3ccccc23)cc1. The van der Waals surface area contributed by atoms with Crippen molar-refractivity contribution in [3.63, 3.8) is 0 Å². The first-order valence-corrected chi connectivity index (χ1v) is 13.2. The van der Waals surface area contributed by atoms with E-state index in [4.69, 9.17) is 0 Å². The number of benzene rings is 6. The van der Waals surface area contributed by atoms with Crippen LogP contribution in [-0.4, -0.2) is 0 Å². The summed E-state index contributed by atoms with van der Waals surface area (Å²) in [6.07, 6.45) is 0. The highest BCUT2D eigenvalue weighted by atomic mass is 14.2. The van der Waals surface area contributed by atoms with E-state index in [2.05, 4.69) is 154 Å². The lowest BCUT2D eigenvalue weighted by Gasteiger charge is -2.20. The zero-order chi connectivity index (χ0) is 26.1. The minimum Gasteiger partial charge on any atom is -0.0622 e. The maximum atomic E-state index is 3.56. The van der Waals surface area contributed by atoms with Gasteiger partial charge in [0.25, 0.3) is 0 Å². The molecule has 0 bridgehead atoms. The minimum atomic E-state index is 0.126. The molecule has 0 aliphatic rings. The fraction of sp³-hybridized carbons (Fsp3) is 0.105. The summed E-state index contributed by atoms with van der Waals surface area (Å²) >= 11 is 0. The molecule has 0 aliphatic heterocycles. The van der Waals surface area contributed by atoms with Crippen LogP contribution in [0.4, 0.5) is 0 Å². The molecule has 0 heteroatoms. The Hall–Kier alpha value is -4.60. The number of hydrogen-bond acceptors (Lipinski definition) is 0. The molecule has 6 aromatic rings. The molecule has 0 saturated heterocycles. The van der Waals surface area contributed by atoms with Gasteiger partial charge in [0.15, 0.2) is 0 Å². The summed E-state index contributed by atoms with van der Waals surface area (Å²) in [6.45, 7) is 6.78. The Labute approximate surface area is 225 Å². The fourth-order valence-corrected chi connectivity index (χ4v) is 5.22. The van der Waals surface area contributed by atoms with Crippen molar-refractivity contribution in [3.8, 4) is 34.1 Å². The van der Waals surface area contributed by atoms with Crippen LogP contribution in [0.3, 0.4) is 0 Å². The Kier molecular flexibility index (Phi) is 6.07. The third kappa shape index (κ3) is 4.49. The quantitative estimate of drug-likeness (QED) is 0.169. The lowest BCUT2D eigenvalue weighted by atomic mass is 9.84. The van der Waals surface area contributed by atoms with E-state index in [1.54, 1.807) is 0 Å². The highest BCUT2D eigenvalue weighted by Crippen LogP contribution is 2.39. The Morgan fingerprint density at radius 1 is 0.421 bits per heavy atom. The van der Waals surface area contributed by atoms with Gasteiger partial charge in [-0.2, -0.15) is 0 Å². The maximum Gasteiger partial charge on any atom is 0.0406 e. The second kappa shape index (κ2) is 9.70. The van der Waals surface area contributed by atoms with Crippen LogP contribution < -0.4 is 0 Å². The average molecular weight is 487 g/mol. The van der Waals surface area contributed by atoms with Crippen molar-refractivity contribution in [2.24, 2.45) is 0 Å². The number of hydrogen-bond donors (Lipinski definition) is 0. The molecule has 6 rings (SSSR count). The Balaban J connectivity index is 1.49. The summed E-state index contributed by atoms with van der Waals surface area (Å²) in [5.41, 5.74) is 8.50. The van der Waals surface area contributed by atoms with Crippen LogP contribution in [0.15, 0.2) is 127 Å². The molecule has 0 spiro atoms. The van der Waals surface area contributed by atoms with Crippen LogP contribution in [0.2, 0.25) is 0 Å². The fourth-order valence-electron chi connectivity index (χ4n) is 5.22. The number of rotatable bonds is 2. The molecule has 0 aliphatic carbocycles. The van der Waals surface area contributed by atoms with Crippen LogP contribution in [0.5, 0.6) is 0 Å². The average Bonchev–Trinajstić information content (AvgIpc) is 2.96. The molecule has 0 aromatic heterocycles. The minimum absolute atomic E-state index is 0.126. The molecule has 0 unspecified atom stereocenters. The van der Waals surface area contributed by atoms with Crippen molar-refractivity contribution in [1.29, 1.82) is 0 Å². The van der Waals surface area contributed by atoms with E-state index in [1.807, 2.05) is 6.07 Å². The van der Waals surface area contributed by atoms with Gasteiger partial charge in [-0.1, -0.05) is 148 Å². The van der Waals surface area contributed by atoms with Crippen molar-refractivity contribution >= 4 is 21.5 Å². The van der Waals surface area contributed by atoms with E-state index in [0.717, 1.165) is 11.1 Å². The molecule has 0 radical (unpaired) electrons. The molecule has 0 heterocycles. The highest BCUT2D eigenvalue weighted by Gasteiger charge is 2.16. The second-order valence-corrected chi connectivity index (χ2v) is 10.9. The largest absolute Gasteiger partial charge is 0.0622 e. The predicted molar refractivity (Wildman–Crippen MR) is 163 cm³/mol. The van der Waals surface area contributed by atoms with Gasteiger partial charge in [-0.05, 0) is 66.9 Å². The highest BCUT2D eigenvalue weighted by molar-refractivity contribution is 6.16. The predicted octanol–water partition coefficient (Wildman–Crippen LogP) is 10.0. The van der Waals surface area contributed by atoms with Crippen molar-refractivity contribution in [3.05, 3.63) is 144 Å². The molecular formula is C38H30.